The minimum atomic E-state index is -0.101. The van der Waals surface area contributed by atoms with E-state index in [0.717, 1.165) is 43.1 Å². The lowest BCUT2D eigenvalue weighted by Gasteiger charge is -2.24. The third kappa shape index (κ3) is 4.23. The largest absolute Gasteiger partial charge is 0.399 e. The first-order valence-corrected chi connectivity index (χ1v) is 8.26. The van der Waals surface area contributed by atoms with E-state index in [4.69, 9.17) is 5.73 Å². The number of nitrogen functional groups attached to an aromatic ring is 1. The first kappa shape index (κ1) is 15.9. The van der Waals surface area contributed by atoms with Crippen LogP contribution in [0.25, 0.3) is 0 Å². The number of rotatable bonds is 4. The summed E-state index contributed by atoms with van der Waals surface area (Å²) in [6, 6.07) is 7.70. The summed E-state index contributed by atoms with van der Waals surface area (Å²) >= 11 is 0. The van der Waals surface area contributed by atoms with Crippen molar-refractivity contribution in [3.8, 4) is 0 Å². The maximum atomic E-state index is 12.7. The second-order valence-electron chi connectivity index (χ2n) is 6.30. The molecule has 2 N–H and O–H groups in total. The van der Waals surface area contributed by atoms with Gasteiger partial charge in [0, 0.05) is 18.8 Å². The van der Waals surface area contributed by atoms with Crippen molar-refractivity contribution in [1.29, 1.82) is 0 Å². The van der Waals surface area contributed by atoms with Gasteiger partial charge in [0.2, 0.25) is 5.91 Å². The van der Waals surface area contributed by atoms with Crippen LogP contribution in [0.2, 0.25) is 0 Å². The maximum absolute atomic E-state index is 12.7. The summed E-state index contributed by atoms with van der Waals surface area (Å²) in [5.74, 6) is 0.949. The number of hydrogen-bond donors (Lipinski definition) is 1. The molecule has 1 aliphatic rings. The van der Waals surface area contributed by atoms with Gasteiger partial charge >= 0.3 is 0 Å². The molecule has 0 spiro atoms. The fourth-order valence-electron chi connectivity index (χ4n) is 3.33. The zero-order chi connectivity index (χ0) is 15.2. The van der Waals surface area contributed by atoms with Gasteiger partial charge in [-0.3, -0.25) is 4.79 Å². The molecule has 116 valence electrons. The van der Waals surface area contributed by atoms with E-state index < -0.39 is 0 Å². The van der Waals surface area contributed by atoms with Crippen LogP contribution < -0.4 is 5.73 Å². The Kier molecular flexibility index (Phi) is 5.66. The Morgan fingerprint density at radius 2 is 2.19 bits per heavy atom. The van der Waals surface area contributed by atoms with E-state index in [1.807, 2.05) is 31.2 Å². The quantitative estimate of drug-likeness (QED) is 0.857. The van der Waals surface area contributed by atoms with Crippen molar-refractivity contribution >= 4 is 11.6 Å². The molecule has 1 aromatic rings. The molecule has 1 saturated heterocycles. The van der Waals surface area contributed by atoms with Gasteiger partial charge in [-0.25, -0.2) is 0 Å². The lowest BCUT2D eigenvalue weighted by molar-refractivity contribution is -0.132. The monoisotopic (exact) mass is 288 g/mol. The lowest BCUT2D eigenvalue weighted by atomic mass is 9.96. The van der Waals surface area contributed by atoms with E-state index in [9.17, 15) is 4.79 Å². The zero-order valence-electron chi connectivity index (χ0n) is 13.3. The summed E-state index contributed by atoms with van der Waals surface area (Å²) in [4.78, 5) is 14.8. The zero-order valence-corrected chi connectivity index (χ0v) is 13.3. The number of carbonyl (C=O) groups excluding carboxylic acids is 1. The van der Waals surface area contributed by atoms with E-state index in [0.29, 0.717) is 0 Å². The van der Waals surface area contributed by atoms with Gasteiger partial charge in [0.05, 0.1) is 5.92 Å². The highest BCUT2D eigenvalue weighted by Gasteiger charge is 2.24. The Balaban J connectivity index is 1.99. The first-order valence-electron chi connectivity index (χ1n) is 8.26. The summed E-state index contributed by atoms with van der Waals surface area (Å²) in [6.07, 6.45) is 6.11. The van der Waals surface area contributed by atoms with Crippen molar-refractivity contribution in [2.24, 2.45) is 5.92 Å². The topological polar surface area (TPSA) is 46.3 Å². The number of nitrogens with zero attached hydrogens (tertiary/aromatic N) is 1. The molecular weight excluding hydrogens is 260 g/mol. The normalized spacial score (nSPS) is 20.9. The third-order valence-corrected chi connectivity index (χ3v) is 4.64. The van der Waals surface area contributed by atoms with Gasteiger partial charge in [-0.05, 0) is 49.8 Å². The van der Waals surface area contributed by atoms with E-state index >= 15 is 0 Å². The van der Waals surface area contributed by atoms with Gasteiger partial charge in [-0.15, -0.1) is 0 Å². The van der Waals surface area contributed by atoms with Crippen molar-refractivity contribution < 1.29 is 4.79 Å². The third-order valence-electron chi connectivity index (χ3n) is 4.64. The van der Waals surface area contributed by atoms with Crippen molar-refractivity contribution in [3.05, 3.63) is 29.8 Å². The Morgan fingerprint density at radius 3 is 2.90 bits per heavy atom. The smallest absolute Gasteiger partial charge is 0.229 e. The molecule has 1 aromatic carbocycles. The molecular formula is C18H28N2O. The second kappa shape index (κ2) is 7.48. The molecule has 2 unspecified atom stereocenters. The summed E-state index contributed by atoms with van der Waals surface area (Å²) < 4.78 is 0. The lowest BCUT2D eigenvalue weighted by Crippen LogP contribution is -2.35. The number of carbonyl (C=O) groups is 1. The number of amides is 1. The Morgan fingerprint density at radius 1 is 1.38 bits per heavy atom. The van der Waals surface area contributed by atoms with Gasteiger partial charge in [0.1, 0.15) is 0 Å². The van der Waals surface area contributed by atoms with Crippen molar-refractivity contribution in [2.45, 2.75) is 51.9 Å². The molecule has 1 fully saturated rings. The Bertz CT molecular complexity index is 472. The van der Waals surface area contributed by atoms with Crippen LogP contribution in [0, 0.1) is 5.92 Å². The predicted molar refractivity (Wildman–Crippen MR) is 88.1 cm³/mol. The van der Waals surface area contributed by atoms with Crippen LogP contribution in [-0.2, 0) is 4.79 Å². The molecule has 0 radical (unpaired) electrons. The van der Waals surface area contributed by atoms with Crippen LogP contribution in [0.5, 0.6) is 0 Å². The molecule has 2 atom stereocenters. The van der Waals surface area contributed by atoms with Crippen LogP contribution in [-0.4, -0.2) is 23.9 Å². The number of nitrogens with two attached hydrogens (primary N) is 1. The average molecular weight is 288 g/mol. The molecule has 0 bridgehead atoms. The highest BCUT2D eigenvalue weighted by atomic mass is 16.2. The molecule has 0 aliphatic carbocycles. The van der Waals surface area contributed by atoms with Crippen molar-refractivity contribution in [2.75, 3.05) is 18.8 Å². The number of hydrogen-bond acceptors (Lipinski definition) is 2. The van der Waals surface area contributed by atoms with Gasteiger partial charge < -0.3 is 10.6 Å². The average Bonchev–Trinajstić information content (AvgIpc) is 2.72. The van der Waals surface area contributed by atoms with Crippen LogP contribution in [0.4, 0.5) is 5.69 Å². The fraction of sp³-hybridized carbons (Fsp3) is 0.611. The molecule has 1 aliphatic heterocycles. The van der Waals surface area contributed by atoms with E-state index in [-0.39, 0.29) is 11.8 Å². The Hall–Kier alpha value is -1.51. The summed E-state index contributed by atoms with van der Waals surface area (Å²) in [5, 5.41) is 0. The first-order chi connectivity index (χ1) is 10.1. The second-order valence-corrected chi connectivity index (χ2v) is 6.30. The molecule has 3 nitrogen and oxygen atoms in total. The van der Waals surface area contributed by atoms with E-state index in [2.05, 4.69) is 11.8 Å². The molecule has 21 heavy (non-hydrogen) atoms. The number of anilines is 1. The molecule has 0 aromatic heterocycles. The SMILES string of the molecule is CCCC1CCCN(C(=O)C(C)c2cccc(N)c2)CC1. The molecule has 3 heteroatoms. The highest BCUT2D eigenvalue weighted by Crippen LogP contribution is 2.25. The van der Waals surface area contributed by atoms with Gasteiger partial charge in [0.15, 0.2) is 0 Å². The number of benzene rings is 1. The van der Waals surface area contributed by atoms with Crippen LogP contribution in [0.3, 0.4) is 0 Å². The summed E-state index contributed by atoms with van der Waals surface area (Å²) in [5.41, 5.74) is 7.58. The number of likely N-dealkylation sites (tertiary alicyclic amines) is 1. The summed E-state index contributed by atoms with van der Waals surface area (Å²) in [6.45, 7) is 6.06. The van der Waals surface area contributed by atoms with E-state index in [1.165, 1.54) is 19.3 Å². The van der Waals surface area contributed by atoms with Gasteiger partial charge in [0.25, 0.3) is 0 Å². The Labute approximate surface area is 128 Å². The minimum Gasteiger partial charge on any atom is -0.399 e. The molecule has 1 heterocycles. The predicted octanol–water partition coefficient (Wildman–Crippen LogP) is 3.80. The standard InChI is InChI=1S/C18H28N2O/c1-3-6-15-7-5-11-20(12-10-15)18(21)14(2)16-8-4-9-17(19)13-16/h4,8-9,13-15H,3,5-7,10-12,19H2,1-2H3. The van der Waals surface area contributed by atoms with Crippen LogP contribution >= 0.6 is 0 Å². The van der Waals surface area contributed by atoms with Crippen LogP contribution in [0.1, 0.15) is 57.4 Å². The molecule has 1 amide bonds. The fourth-order valence-corrected chi connectivity index (χ4v) is 3.33. The molecule has 2 rings (SSSR count). The van der Waals surface area contributed by atoms with Gasteiger partial charge in [-0.2, -0.15) is 0 Å². The van der Waals surface area contributed by atoms with E-state index in [1.54, 1.807) is 0 Å². The maximum Gasteiger partial charge on any atom is 0.229 e. The van der Waals surface area contributed by atoms with Gasteiger partial charge in [-0.1, -0.05) is 31.9 Å². The highest BCUT2D eigenvalue weighted by molar-refractivity contribution is 5.83. The van der Waals surface area contributed by atoms with Crippen molar-refractivity contribution in [3.63, 3.8) is 0 Å². The molecule has 0 saturated carbocycles. The van der Waals surface area contributed by atoms with Crippen LogP contribution in [0.15, 0.2) is 24.3 Å². The minimum absolute atomic E-state index is 0.101. The van der Waals surface area contributed by atoms with Crippen molar-refractivity contribution in [1.82, 2.24) is 4.90 Å². The summed E-state index contributed by atoms with van der Waals surface area (Å²) in [7, 11) is 0.